The molecule has 0 rings (SSSR count). The van der Waals surface area contributed by atoms with Gasteiger partial charge in [0.1, 0.15) is 11.6 Å². The maximum Gasteiger partial charge on any atom is 0.323 e. The molecule has 0 aromatic heterocycles. The van der Waals surface area contributed by atoms with E-state index in [-0.39, 0.29) is 12.4 Å². The van der Waals surface area contributed by atoms with Gasteiger partial charge in [-0.25, -0.2) is 0 Å². The molecular weight excluding hydrogens is 210 g/mol. The number of esters is 2. The minimum Gasteiger partial charge on any atom is -0.469 e. The van der Waals surface area contributed by atoms with Crippen molar-refractivity contribution in [2.45, 2.75) is 51.7 Å². The summed E-state index contributed by atoms with van der Waals surface area (Å²) in [5, 5.41) is 0. The van der Waals surface area contributed by atoms with Crippen LogP contribution in [0.15, 0.2) is 0 Å². The monoisotopic (exact) mass is 231 g/mol. The van der Waals surface area contributed by atoms with E-state index in [1.807, 2.05) is 0 Å². The molecule has 1 unspecified atom stereocenters. The number of nitrogens with two attached hydrogens (primary N) is 1. The molecule has 94 valence electrons. The molecule has 0 aromatic carbocycles. The minimum absolute atomic E-state index is 0.271. The van der Waals surface area contributed by atoms with Crippen LogP contribution in [0.1, 0.15) is 40.0 Å². The first-order chi connectivity index (χ1) is 7.26. The van der Waals surface area contributed by atoms with Crippen LogP contribution in [0, 0.1) is 0 Å². The predicted octanol–water partition coefficient (Wildman–Crippen LogP) is 0.999. The molecule has 0 radical (unpaired) electrons. The van der Waals surface area contributed by atoms with Crippen LogP contribution < -0.4 is 5.73 Å². The van der Waals surface area contributed by atoms with Crippen molar-refractivity contribution in [1.82, 2.24) is 0 Å². The van der Waals surface area contributed by atoms with Crippen LogP contribution in [0.3, 0.4) is 0 Å². The van der Waals surface area contributed by atoms with E-state index in [0.29, 0.717) is 12.8 Å². The molecule has 16 heavy (non-hydrogen) atoms. The molecule has 0 aliphatic carbocycles. The Morgan fingerprint density at radius 3 is 2.31 bits per heavy atom. The van der Waals surface area contributed by atoms with Gasteiger partial charge in [0.2, 0.25) is 0 Å². The van der Waals surface area contributed by atoms with Gasteiger partial charge in [-0.15, -0.1) is 0 Å². The maximum atomic E-state index is 11.4. The number of hydrogen-bond donors (Lipinski definition) is 1. The largest absolute Gasteiger partial charge is 0.469 e. The molecule has 0 amide bonds. The number of ether oxygens (including phenoxy) is 2. The van der Waals surface area contributed by atoms with Gasteiger partial charge in [-0.3, -0.25) is 9.59 Å². The number of rotatable bonds is 5. The molecule has 0 spiro atoms. The van der Waals surface area contributed by atoms with Crippen LogP contribution in [0.2, 0.25) is 0 Å². The quantitative estimate of drug-likeness (QED) is 0.714. The Morgan fingerprint density at radius 1 is 1.31 bits per heavy atom. The van der Waals surface area contributed by atoms with E-state index in [1.54, 1.807) is 20.8 Å². The molecule has 0 aliphatic heterocycles. The van der Waals surface area contributed by atoms with Gasteiger partial charge in [0, 0.05) is 6.42 Å². The van der Waals surface area contributed by atoms with E-state index in [1.165, 1.54) is 7.11 Å². The van der Waals surface area contributed by atoms with Gasteiger partial charge in [-0.1, -0.05) is 0 Å². The number of hydrogen-bond acceptors (Lipinski definition) is 5. The Bertz CT molecular complexity index is 245. The first kappa shape index (κ1) is 14.9. The molecular formula is C11H21NO4. The Morgan fingerprint density at radius 2 is 1.88 bits per heavy atom. The zero-order valence-corrected chi connectivity index (χ0v) is 10.4. The van der Waals surface area contributed by atoms with Gasteiger partial charge in [-0.05, 0) is 33.6 Å². The molecule has 0 aliphatic rings. The lowest BCUT2D eigenvalue weighted by Gasteiger charge is -2.22. The van der Waals surface area contributed by atoms with E-state index >= 15 is 0 Å². The molecule has 1 atom stereocenters. The predicted molar refractivity (Wildman–Crippen MR) is 59.7 cm³/mol. The van der Waals surface area contributed by atoms with Crippen LogP contribution in [0.4, 0.5) is 0 Å². The van der Waals surface area contributed by atoms with Crippen molar-refractivity contribution in [2.75, 3.05) is 7.11 Å². The Kier molecular flexibility index (Phi) is 6.03. The van der Waals surface area contributed by atoms with Gasteiger partial charge in [0.15, 0.2) is 0 Å². The highest BCUT2D eigenvalue weighted by molar-refractivity contribution is 5.76. The van der Waals surface area contributed by atoms with E-state index < -0.39 is 17.6 Å². The number of carbonyl (C=O) groups is 2. The van der Waals surface area contributed by atoms with Crippen molar-refractivity contribution >= 4 is 11.9 Å². The lowest BCUT2D eigenvalue weighted by Crippen LogP contribution is -2.37. The highest BCUT2D eigenvalue weighted by Crippen LogP contribution is 2.10. The fourth-order valence-corrected chi connectivity index (χ4v) is 1.06. The average molecular weight is 231 g/mol. The lowest BCUT2D eigenvalue weighted by atomic mass is 10.1. The van der Waals surface area contributed by atoms with Crippen molar-refractivity contribution in [3.05, 3.63) is 0 Å². The van der Waals surface area contributed by atoms with Crippen LogP contribution in [0.5, 0.6) is 0 Å². The standard InChI is InChI=1S/C11H21NO4/c1-11(2,3)16-10(14)8(12)6-5-7-9(13)15-4/h8H,5-7,12H2,1-4H3. The number of carbonyl (C=O) groups excluding carboxylic acids is 2. The second-order valence-electron chi connectivity index (χ2n) is 4.61. The molecule has 0 saturated heterocycles. The maximum absolute atomic E-state index is 11.4. The van der Waals surface area contributed by atoms with Crippen molar-refractivity contribution < 1.29 is 19.1 Å². The van der Waals surface area contributed by atoms with E-state index in [0.717, 1.165) is 0 Å². The third-order valence-corrected chi connectivity index (χ3v) is 1.83. The molecule has 0 bridgehead atoms. The van der Waals surface area contributed by atoms with E-state index in [2.05, 4.69) is 4.74 Å². The van der Waals surface area contributed by atoms with Crippen LogP contribution in [-0.4, -0.2) is 30.7 Å². The zero-order chi connectivity index (χ0) is 12.8. The van der Waals surface area contributed by atoms with Crippen LogP contribution >= 0.6 is 0 Å². The highest BCUT2D eigenvalue weighted by atomic mass is 16.6. The van der Waals surface area contributed by atoms with Crippen molar-refractivity contribution in [3.8, 4) is 0 Å². The SMILES string of the molecule is COC(=O)CCCC(N)C(=O)OC(C)(C)C. The minimum atomic E-state index is -0.677. The smallest absolute Gasteiger partial charge is 0.323 e. The third-order valence-electron chi connectivity index (χ3n) is 1.83. The van der Waals surface area contributed by atoms with Crippen molar-refractivity contribution in [1.29, 1.82) is 0 Å². The summed E-state index contributed by atoms with van der Waals surface area (Å²) in [6.45, 7) is 5.35. The van der Waals surface area contributed by atoms with Gasteiger partial charge in [-0.2, -0.15) is 0 Å². The summed E-state index contributed by atoms with van der Waals surface area (Å²) in [5.74, 6) is -0.728. The topological polar surface area (TPSA) is 78.6 Å². The molecule has 0 heterocycles. The van der Waals surface area contributed by atoms with Gasteiger partial charge < -0.3 is 15.2 Å². The Hall–Kier alpha value is -1.10. The molecule has 5 nitrogen and oxygen atoms in total. The van der Waals surface area contributed by atoms with Crippen molar-refractivity contribution in [3.63, 3.8) is 0 Å². The van der Waals surface area contributed by atoms with Crippen LogP contribution in [0.25, 0.3) is 0 Å². The lowest BCUT2D eigenvalue weighted by molar-refractivity contribution is -0.157. The molecule has 0 saturated carbocycles. The summed E-state index contributed by atoms with van der Waals surface area (Å²) >= 11 is 0. The molecule has 5 heteroatoms. The van der Waals surface area contributed by atoms with E-state index in [4.69, 9.17) is 10.5 Å². The van der Waals surface area contributed by atoms with Gasteiger partial charge in [0.25, 0.3) is 0 Å². The summed E-state index contributed by atoms with van der Waals surface area (Å²) in [7, 11) is 1.33. The fraction of sp³-hybridized carbons (Fsp3) is 0.818. The van der Waals surface area contributed by atoms with Gasteiger partial charge in [0.05, 0.1) is 7.11 Å². The summed E-state index contributed by atoms with van der Waals surface area (Å²) in [4.78, 5) is 22.3. The summed E-state index contributed by atoms with van der Waals surface area (Å²) in [6, 6.07) is -0.677. The Labute approximate surface area is 96.3 Å². The second-order valence-corrected chi connectivity index (χ2v) is 4.61. The first-order valence-corrected chi connectivity index (χ1v) is 5.31. The molecule has 0 fully saturated rings. The summed E-state index contributed by atoms with van der Waals surface area (Å²) in [6.07, 6.45) is 1.21. The average Bonchev–Trinajstić information content (AvgIpc) is 2.14. The fourth-order valence-electron chi connectivity index (χ4n) is 1.06. The van der Waals surface area contributed by atoms with Crippen LogP contribution in [-0.2, 0) is 19.1 Å². The summed E-state index contributed by atoms with van der Waals surface area (Å²) in [5.41, 5.74) is 5.09. The van der Waals surface area contributed by atoms with E-state index in [9.17, 15) is 9.59 Å². The highest BCUT2D eigenvalue weighted by Gasteiger charge is 2.21. The zero-order valence-electron chi connectivity index (χ0n) is 10.4. The van der Waals surface area contributed by atoms with Crippen molar-refractivity contribution in [2.24, 2.45) is 5.73 Å². The third kappa shape index (κ3) is 7.23. The molecule has 0 aromatic rings. The summed E-state index contributed by atoms with van der Waals surface area (Å²) < 4.78 is 9.58. The number of methoxy groups -OCH3 is 1. The molecule has 2 N–H and O–H groups in total. The van der Waals surface area contributed by atoms with Gasteiger partial charge >= 0.3 is 11.9 Å². The first-order valence-electron chi connectivity index (χ1n) is 5.31. The second kappa shape index (κ2) is 6.48. The normalized spacial score (nSPS) is 13.1. The Balaban J connectivity index is 3.84.